The Labute approximate surface area is 216 Å². The van der Waals surface area contributed by atoms with Crippen LogP contribution >= 0.6 is 28.1 Å². The van der Waals surface area contributed by atoms with Gasteiger partial charge in [-0.2, -0.15) is 0 Å². The molecule has 0 saturated carbocycles. The average molecular weight is 543 g/mol. The number of fused-ring (bicyclic) bond motifs is 1. The highest BCUT2D eigenvalue weighted by Gasteiger charge is 2.34. The maximum Gasteiger partial charge on any atom is 0.270 e. The van der Waals surface area contributed by atoms with Crippen LogP contribution in [0.3, 0.4) is 0 Å². The van der Waals surface area contributed by atoms with Gasteiger partial charge < -0.3 is 4.74 Å². The Morgan fingerprint density at radius 2 is 1.60 bits per heavy atom. The van der Waals surface area contributed by atoms with Crippen molar-refractivity contribution in [2.45, 2.75) is 6.61 Å². The van der Waals surface area contributed by atoms with Gasteiger partial charge in [-0.05, 0) is 65.0 Å². The summed E-state index contributed by atoms with van der Waals surface area (Å²) in [4.78, 5) is 27.7. The lowest BCUT2D eigenvalue weighted by Crippen LogP contribution is -2.54. The summed E-state index contributed by atoms with van der Waals surface area (Å²) in [5.41, 5.74) is 2.21. The molecule has 1 saturated heterocycles. The molecule has 5 rings (SSSR count). The van der Waals surface area contributed by atoms with Crippen molar-refractivity contribution in [1.82, 2.24) is 5.32 Å². The van der Waals surface area contributed by atoms with Gasteiger partial charge in [0.2, 0.25) is 0 Å². The first-order chi connectivity index (χ1) is 17.0. The monoisotopic (exact) mass is 542 g/mol. The quantitative estimate of drug-likeness (QED) is 0.190. The molecular formula is C28H19BrN2O3S. The summed E-state index contributed by atoms with van der Waals surface area (Å²) in [7, 11) is 0. The van der Waals surface area contributed by atoms with E-state index in [9.17, 15) is 9.59 Å². The second kappa shape index (κ2) is 9.82. The number of halogens is 1. The molecule has 35 heavy (non-hydrogen) atoms. The summed E-state index contributed by atoms with van der Waals surface area (Å²) < 4.78 is 7.16. The summed E-state index contributed by atoms with van der Waals surface area (Å²) in [5, 5.41) is 4.53. The number of benzene rings is 4. The minimum Gasteiger partial charge on any atom is -0.488 e. The van der Waals surface area contributed by atoms with E-state index >= 15 is 0 Å². The van der Waals surface area contributed by atoms with Crippen molar-refractivity contribution in [1.29, 1.82) is 0 Å². The van der Waals surface area contributed by atoms with E-state index < -0.39 is 11.8 Å². The van der Waals surface area contributed by atoms with Crippen LogP contribution in [0.5, 0.6) is 5.75 Å². The molecule has 0 aliphatic carbocycles. The van der Waals surface area contributed by atoms with E-state index in [1.54, 1.807) is 18.2 Å². The zero-order valence-electron chi connectivity index (χ0n) is 18.4. The molecule has 0 aromatic heterocycles. The molecule has 0 spiro atoms. The number of para-hydroxylation sites is 1. The standard InChI is InChI=1S/C28H19BrN2O3S/c29-20-13-10-18(11-14-20)17-34-25-15-12-19-6-4-5-9-22(19)23(25)16-24-26(32)30-28(35)31(27(24)33)21-7-2-1-3-8-21/h1-16H,17H2,(H,30,32,35)/b24-16-. The van der Waals surface area contributed by atoms with E-state index in [2.05, 4.69) is 21.2 Å². The molecule has 4 aromatic carbocycles. The lowest BCUT2D eigenvalue weighted by atomic mass is 9.99. The largest absolute Gasteiger partial charge is 0.488 e. The van der Waals surface area contributed by atoms with E-state index in [0.717, 1.165) is 20.8 Å². The van der Waals surface area contributed by atoms with Crippen LogP contribution < -0.4 is 15.0 Å². The first-order valence-electron chi connectivity index (χ1n) is 10.9. The Kier molecular flexibility index (Phi) is 6.44. The maximum absolute atomic E-state index is 13.5. The van der Waals surface area contributed by atoms with Crippen molar-refractivity contribution in [3.63, 3.8) is 0 Å². The molecule has 172 valence electrons. The molecule has 1 aliphatic heterocycles. The van der Waals surface area contributed by atoms with Crippen molar-refractivity contribution in [3.8, 4) is 5.75 Å². The van der Waals surface area contributed by atoms with Gasteiger partial charge in [0.15, 0.2) is 5.11 Å². The molecule has 1 N–H and O–H groups in total. The predicted octanol–water partition coefficient (Wildman–Crippen LogP) is 6.01. The highest BCUT2D eigenvalue weighted by atomic mass is 79.9. The third-order valence-corrected chi connectivity index (χ3v) is 6.46. The number of carbonyl (C=O) groups excluding carboxylic acids is 2. The predicted molar refractivity (Wildman–Crippen MR) is 145 cm³/mol. The molecule has 0 bridgehead atoms. The van der Waals surface area contributed by atoms with Crippen molar-refractivity contribution in [2.75, 3.05) is 4.90 Å². The first-order valence-corrected chi connectivity index (χ1v) is 12.1. The zero-order chi connectivity index (χ0) is 24.4. The molecule has 0 atom stereocenters. The number of nitrogens with zero attached hydrogens (tertiary/aromatic N) is 1. The Morgan fingerprint density at radius 1 is 0.886 bits per heavy atom. The topological polar surface area (TPSA) is 58.6 Å². The molecule has 1 heterocycles. The van der Waals surface area contributed by atoms with E-state index in [4.69, 9.17) is 17.0 Å². The third-order valence-electron chi connectivity index (χ3n) is 5.64. The maximum atomic E-state index is 13.5. The second-order valence-corrected chi connectivity index (χ2v) is 9.21. The van der Waals surface area contributed by atoms with Crippen LogP contribution in [0.15, 0.2) is 101 Å². The van der Waals surface area contributed by atoms with Crippen molar-refractivity contribution in [3.05, 3.63) is 112 Å². The number of ether oxygens (including phenoxy) is 1. The molecule has 0 radical (unpaired) electrons. The zero-order valence-corrected chi connectivity index (χ0v) is 20.8. The van der Waals surface area contributed by atoms with Gasteiger partial charge in [-0.3, -0.25) is 19.8 Å². The summed E-state index contributed by atoms with van der Waals surface area (Å²) in [6.45, 7) is 0.335. The van der Waals surface area contributed by atoms with Crippen LogP contribution in [0.4, 0.5) is 5.69 Å². The number of hydrogen-bond acceptors (Lipinski definition) is 4. The van der Waals surface area contributed by atoms with Crippen LogP contribution in [0.2, 0.25) is 0 Å². The molecule has 4 aromatic rings. The van der Waals surface area contributed by atoms with E-state index in [-0.39, 0.29) is 10.7 Å². The molecule has 7 heteroatoms. The van der Waals surface area contributed by atoms with E-state index in [0.29, 0.717) is 23.6 Å². The van der Waals surface area contributed by atoms with E-state index in [1.165, 1.54) is 4.90 Å². The molecule has 2 amide bonds. The Balaban J connectivity index is 1.58. The highest BCUT2D eigenvalue weighted by Crippen LogP contribution is 2.32. The molecule has 5 nitrogen and oxygen atoms in total. The Morgan fingerprint density at radius 3 is 2.37 bits per heavy atom. The molecular weight excluding hydrogens is 524 g/mol. The van der Waals surface area contributed by atoms with Gasteiger partial charge in [-0.25, -0.2) is 0 Å². The number of rotatable bonds is 5. The van der Waals surface area contributed by atoms with Gasteiger partial charge >= 0.3 is 0 Å². The minimum atomic E-state index is -0.543. The van der Waals surface area contributed by atoms with E-state index in [1.807, 2.05) is 78.9 Å². The molecule has 1 aliphatic rings. The summed E-state index contributed by atoms with van der Waals surface area (Å²) in [6.07, 6.45) is 1.59. The van der Waals surface area contributed by atoms with Crippen LogP contribution in [0.1, 0.15) is 11.1 Å². The molecule has 1 fully saturated rings. The lowest BCUT2D eigenvalue weighted by Gasteiger charge is -2.29. The summed E-state index contributed by atoms with van der Waals surface area (Å²) >= 11 is 8.75. The van der Waals surface area contributed by atoms with Crippen molar-refractivity contribution >= 4 is 67.6 Å². The third kappa shape index (κ3) is 4.73. The SMILES string of the molecule is O=C1NC(=S)N(c2ccccc2)C(=O)/C1=C\c1c(OCc2ccc(Br)cc2)ccc2ccccc12. The second-order valence-electron chi connectivity index (χ2n) is 7.91. The molecule has 0 unspecified atom stereocenters. The van der Waals surface area contributed by atoms with Crippen LogP contribution in [0, 0.1) is 0 Å². The lowest BCUT2D eigenvalue weighted by molar-refractivity contribution is -0.122. The minimum absolute atomic E-state index is 0.0210. The first kappa shape index (κ1) is 23.0. The number of amides is 2. The Hall–Kier alpha value is -3.81. The smallest absolute Gasteiger partial charge is 0.270 e. The average Bonchev–Trinajstić information content (AvgIpc) is 2.87. The van der Waals surface area contributed by atoms with Gasteiger partial charge in [0.1, 0.15) is 17.9 Å². The highest BCUT2D eigenvalue weighted by molar-refractivity contribution is 9.10. The van der Waals surface area contributed by atoms with Crippen LogP contribution in [-0.4, -0.2) is 16.9 Å². The van der Waals surface area contributed by atoms with Gasteiger partial charge in [0.25, 0.3) is 11.8 Å². The number of anilines is 1. The number of carbonyl (C=O) groups is 2. The van der Waals surface area contributed by atoms with Crippen molar-refractivity contribution in [2.24, 2.45) is 0 Å². The number of nitrogens with one attached hydrogen (secondary N) is 1. The van der Waals surface area contributed by atoms with Crippen molar-refractivity contribution < 1.29 is 14.3 Å². The van der Waals surface area contributed by atoms with Gasteiger partial charge in [0.05, 0.1) is 5.69 Å². The fourth-order valence-corrected chi connectivity index (χ4v) is 4.45. The van der Waals surface area contributed by atoms with Gasteiger partial charge in [-0.1, -0.05) is 76.6 Å². The normalized spacial score (nSPS) is 14.9. The Bertz CT molecular complexity index is 1480. The van der Waals surface area contributed by atoms with Gasteiger partial charge in [-0.15, -0.1) is 0 Å². The number of thiocarbonyl (C=S) groups is 1. The number of hydrogen-bond donors (Lipinski definition) is 1. The summed E-state index contributed by atoms with van der Waals surface area (Å²) in [6, 6.07) is 28.4. The fourth-order valence-electron chi connectivity index (χ4n) is 3.91. The van der Waals surface area contributed by atoms with Crippen LogP contribution in [-0.2, 0) is 16.2 Å². The fraction of sp³-hybridized carbons (Fsp3) is 0.0357. The van der Waals surface area contributed by atoms with Gasteiger partial charge in [0, 0.05) is 10.0 Å². The van der Waals surface area contributed by atoms with Crippen LogP contribution in [0.25, 0.3) is 16.8 Å². The summed E-state index contributed by atoms with van der Waals surface area (Å²) in [5.74, 6) is -0.463.